The summed E-state index contributed by atoms with van der Waals surface area (Å²) in [6.07, 6.45) is -0.321. The van der Waals surface area contributed by atoms with Crippen LogP contribution in [0.4, 0.5) is 8.78 Å². The molecule has 1 aliphatic rings. The van der Waals surface area contributed by atoms with Crippen LogP contribution in [0.15, 0.2) is 60.1 Å². The van der Waals surface area contributed by atoms with Gasteiger partial charge >= 0.3 is 0 Å². The minimum absolute atomic E-state index is 0.147. The lowest BCUT2D eigenvalue weighted by Crippen LogP contribution is -2.42. The van der Waals surface area contributed by atoms with Crippen LogP contribution in [0.1, 0.15) is 22.3 Å². The standard InChI is InChI=1S/C27H22ClF2N3O3S/c28-20-7-2-1-5-17(20)18-6-3-4-15(25(18)30)10-23(34)22-11-16(29)12-33(22)24(35)14-32-13-19(27(31)36)26-21(32)8-9-37-26/h1-9,13,16,22H,10-12,14H2,(H2,31,36)/t16-,22+/m1/s1. The number of alkyl halides is 1. The number of nitrogens with zero attached hydrogens (tertiary/aromatic N) is 2. The number of carbonyl (C=O) groups excluding carboxylic acids is 3. The second-order valence-corrected chi connectivity index (χ2v) is 10.3. The second-order valence-electron chi connectivity index (χ2n) is 8.97. The zero-order valence-corrected chi connectivity index (χ0v) is 21.1. The maximum atomic E-state index is 15.4. The van der Waals surface area contributed by atoms with Crippen LogP contribution in [0.25, 0.3) is 21.3 Å². The summed E-state index contributed by atoms with van der Waals surface area (Å²) in [5.41, 5.74) is 7.31. The van der Waals surface area contributed by atoms with Crippen LogP contribution in [0.2, 0.25) is 5.02 Å². The molecule has 6 nitrogen and oxygen atoms in total. The fraction of sp³-hybridized carbons (Fsp3) is 0.222. The molecule has 3 heterocycles. The number of thiophene rings is 1. The lowest BCUT2D eigenvalue weighted by Gasteiger charge is -2.24. The van der Waals surface area contributed by atoms with Crippen LogP contribution in [0.5, 0.6) is 0 Å². The molecule has 2 aromatic carbocycles. The van der Waals surface area contributed by atoms with E-state index in [-0.39, 0.29) is 37.1 Å². The average Bonchev–Trinajstić information content (AvgIpc) is 3.57. The normalized spacial score (nSPS) is 17.4. The summed E-state index contributed by atoms with van der Waals surface area (Å²) in [7, 11) is 0. The number of hydrogen-bond donors (Lipinski definition) is 1. The molecule has 1 saturated heterocycles. The van der Waals surface area contributed by atoms with Gasteiger partial charge in [0.05, 0.1) is 28.4 Å². The Balaban J connectivity index is 1.37. The van der Waals surface area contributed by atoms with Crippen molar-refractivity contribution in [3.05, 3.63) is 82.1 Å². The first-order chi connectivity index (χ1) is 17.7. The number of halogens is 3. The Kier molecular flexibility index (Phi) is 6.83. The van der Waals surface area contributed by atoms with Crippen molar-refractivity contribution in [2.45, 2.75) is 31.6 Å². The molecule has 0 radical (unpaired) electrons. The second kappa shape index (κ2) is 10.1. The van der Waals surface area contributed by atoms with Crippen molar-refractivity contribution < 1.29 is 23.2 Å². The Labute approximate surface area is 220 Å². The van der Waals surface area contributed by atoms with Gasteiger partial charge in [0.25, 0.3) is 5.91 Å². The van der Waals surface area contributed by atoms with Gasteiger partial charge in [0.15, 0.2) is 5.78 Å². The predicted molar refractivity (Wildman–Crippen MR) is 139 cm³/mol. The Morgan fingerprint density at radius 3 is 2.59 bits per heavy atom. The zero-order valence-electron chi connectivity index (χ0n) is 19.5. The number of Topliss-reactive ketones (excluding diaryl/α,β-unsaturated/α-hetero) is 1. The van der Waals surface area contributed by atoms with Crippen molar-refractivity contribution in [2.24, 2.45) is 5.73 Å². The molecule has 2 atom stereocenters. The highest BCUT2D eigenvalue weighted by Crippen LogP contribution is 2.32. The number of likely N-dealkylation sites (tertiary alicyclic amines) is 1. The van der Waals surface area contributed by atoms with E-state index in [0.29, 0.717) is 26.4 Å². The van der Waals surface area contributed by atoms with Crippen LogP contribution in [-0.2, 0) is 22.6 Å². The molecule has 0 saturated carbocycles. The van der Waals surface area contributed by atoms with Crippen LogP contribution < -0.4 is 5.73 Å². The smallest absolute Gasteiger partial charge is 0.251 e. The summed E-state index contributed by atoms with van der Waals surface area (Å²) in [5, 5.41) is 2.16. The van der Waals surface area contributed by atoms with Gasteiger partial charge < -0.3 is 15.2 Å². The van der Waals surface area contributed by atoms with Crippen LogP contribution in [-0.4, -0.2) is 45.8 Å². The van der Waals surface area contributed by atoms with Gasteiger partial charge in [-0.2, -0.15) is 0 Å². The van der Waals surface area contributed by atoms with E-state index < -0.39 is 35.6 Å². The Morgan fingerprint density at radius 2 is 1.84 bits per heavy atom. The molecule has 10 heteroatoms. The van der Waals surface area contributed by atoms with Gasteiger partial charge in [0, 0.05) is 35.2 Å². The molecule has 190 valence electrons. The van der Waals surface area contributed by atoms with Gasteiger partial charge in [-0.05, 0) is 23.1 Å². The molecule has 2 aromatic heterocycles. The molecule has 2 N–H and O–H groups in total. The molecule has 0 unspecified atom stereocenters. The lowest BCUT2D eigenvalue weighted by atomic mass is 9.97. The van der Waals surface area contributed by atoms with Crippen molar-refractivity contribution in [3.63, 3.8) is 0 Å². The van der Waals surface area contributed by atoms with Gasteiger partial charge in [0.1, 0.15) is 18.5 Å². The van der Waals surface area contributed by atoms with E-state index in [9.17, 15) is 18.8 Å². The molecule has 1 aliphatic heterocycles. The molecule has 1 fully saturated rings. The third-order valence-electron chi connectivity index (χ3n) is 6.60. The van der Waals surface area contributed by atoms with Gasteiger partial charge in [-0.15, -0.1) is 11.3 Å². The third kappa shape index (κ3) is 4.76. The Hall–Kier alpha value is -3.56. The number of carbonyl (C=O) groups is 3. The first-order valence-electron chi connectivity index (χ1n) is 11.6. The largest absolute Gasteiger partial charge is 0.366 e. The van der Waals surface area contributed by atoms with Crippen LogP contribution in [0, 0.1) is 5.82 Å². The van der Waals surface area contributed by atoms with E-state index in [0.717, 1.165) is 0 Å². The fourth-order valence-corrected chi connectivity index (χ4v) is 5.99. The third-order valence-corrected chi connectivity index (χ3v) is 7.87. The maximum Gasteiger partial charge on any atom is 0.251 e. The number of amides is 2. The van der Waals surface area contributed by atoms with E-state index >= 15 is 4.39 Å². The number of primary amides is 1. The summed E-state index contributed by atoms with van der Waals surface area (Å²) >= 11 is 7.56. The van der Waals surface area contributed by atoms with E-state index in [1.54, 1.807) is 52.4 Å². The first-order valence-corrected chi connectivity index (χ1v) is 12.8. The minimum Gasteiger partial charge on any atom is -0.366 e. The maximum absolute atomic E-state index is 15.4. The molecule has 5 rings (SSSR count). The van der Waals surface area contributed by atoms with E-state index in [2.05, 4.69) is 0 Å². The number of nitrogens with two attached hydrogens (primary N) is 1. The van der Waals surface area contributed by atoms with Crippen molar-refractivity contribution in [1.29, 1.82) is 0 Å². The highest BCUT2D eigenvalue weighted by Gasteiger charge is 2.39. The molecular weight excluding hydrogens is 520 g/mol. The fourth-order valence-electron chi connectivity index (χ4n) is 4.83. The summed E-state index contributed by atoms with van der Waals surface area (Å²) in [4.78, 5) is 39.4. The van der Waals surface area contributed by atoms with E-state index in [1.807, 2.05) is 0 Å². The van der Waals surface area contributed by atoms with E-state index in [1.165, 1.54) is 28.5 Å². The number of ketones is 1. The van der Waals surface area contributed by atoms with Gasteiger partial charge in [0.2, 0.25) is 5.91 Å². The van der Waals surface area contributed by atoms with Crippen molar-refractivity contribution in [3.8, 4) is 11.1 Å². The van der Waals surface area contributed by atoms with Crippen LogP contribution >= 0.6 is 22.9 Å². The molecule has 4 aromatic rings. The summed E-state index contributed by atoms with van der Waals surface area (Å²) in [6, 6.07) is 12.3. The quantitative estimate of drug-likeness (QED) is 0.357. The monoisotopic (exact) mass is 541 g/mol. The highest BCUT2D eigenvalue weighted by molar-refractivity contribution is 7.17. The van der Waals surface area contributed by atoms with Crippen molar-refractivity contribution >= 4 is 50.8 Å². The number of aromatic nitrogens is 1. The minimum atomic E-state index is -1.37. The van der Waals surface area contributed by atoms with Crippen molar-refractivity contribution in [1.82, 2.24) is 9.47 Å². The summed E-state index contributed by atoms with van der Waals surface area (Å²) in [6.45, 7) is -0.415. The molecule has 0 bridgehead atoms. The molecule has 0 aliphatic carbocycles. The summed E-state index contributed by atoms with van der Waals surface area (Å²) < 4.78 is 32.1. The molecular formula is C27H22ClF2N3O3S. The lowest BCUT2D eigenvalue weighted by molar-refractivity contribution is -0.137. The van der Waals surface area contributed by atoms with Gasteiger partial charge in [-0.3, -0.25) is 14.4 Å². The van der Waals surface area contributed by atoms with E-state index in [4.69, 9.17) is 17.3 Å². The number of fused-ring (bicyclic) bond motifs is 1. The highest BCUT2D eigenvalue weighted by atomic mass is 35.5. The zero-order chi connectivity index (χ0) is 26.3. The predicted octanol–water partition coefficient (Wildman–Crippen LogP) is 5.01. The first kappa shape index (κ1) is 25.1. The number of rotatable bonds is 7. The number of benzene rings is 2. The Morgan fingerprint density at radius 1 is 1.08 bits per heavy atom. The van der Waals surface area contributed by atoms with Gasteiger partial charge in [-0.25, -0.2) is 8.78 Å². The van der Waals surface area contributed by atoms with Crippen LogP contribution in [0.3, 0.4) is 0 Å². The van der Waals surface area contributed by atoms with Crippen molar-refractivity contribution in [2.75, 3.05) is 6.54 Å². The topological polar surface area (TPSA) is 85.4 Å². The molecule has 0 spiro atoms. The average molecular weight is 542 g/mol. The number of hydrogen-bond acceptors (Lipinski definition) is 4. The summed E-state index contributed by atoms with van der Waals surface area (Å²) in [5.74, 6) is -2.11. The molecule has 2 amide bonds. The Bertz CT molecular complexity index is 1530. The van der Waals surface area contributed by atoms with Gasteiger partial charge in [-0.1, -0.05) is 48.0 Å². The SMILES string of the molecule is NC(=O)c1cn(CC(=O)N2C[C@H](F)C[C@H]2C(=O)Cc2cccc(-c3ccccc3Cl)c2F)c2ccsc12. The molecule has 37 heavy (non-hydrogen) atoms.